The number of ether oxygens (including phenoxy) is 1. The van der Waals surface area contributed by atoms with Crippen LogP contribution in [0.4, 0.5) is 19.0 Å². The van der Waals surface area contributed by atoms with Gasteiger partial charge >= 0.3 is 6.36 Å². The van der Waals surface area contributed by atoms with Crippen molar-refractivity contribution >= 4 is 11.7 Å². The molecule has 0 fully saturated rings. The standard InChI is InChI=1S/C14H13F3N4O2/c1-21(13(22)11-12(18)20-7-6-19-11)8-9-4-2-3-5-10(9)23-14(15,16)17/h2-7H,8H2,1H3,(H2,18,20). The quantitative estimate of drug-likeness (QED) is 0.932. The van der Waals surface area contributed by atoms with E-state index >= 15 is 0 Å². The lowest BCUT2D eigenvalue weighted by Crippen LogP contribution is -2.28. The fourth-order valence-electron chi connectivity index (χ4n) is 1.88. The number of aromatic nitrogens is 2. The number of nitrogen functional groups attached to an aromatic ring is 1. The summed E-state index contributed by atoms with van der Waals surface area (Å²) >= 11 is 0. The van der Waals surface area contributed by atoms with Gasteiger partial charge < -0.3 is 15.4 Å². The van der Waals surface area contributed by atoms with Crippen LogP contribution in [0.25, 0.3) is 0 Å². The van der Waals surface area contributed by atoms with Crippen molar-refractivity contribution in [1.82, 2.24) is 14.9 Å². The lowest BCUT2D eigenvalue weighted by Gasteiger charge is -2.19. The average Bonchev–Trinajstić information content (AvgIpc) is 2.47. The third kappa shape index (κ3) is 4.31. The summed E-state index contributed by atoms with van der Waals surface area (Å²) in [5.41, 5.74) is 5.70. The van der Waals surface area contributed by atoms with Crippen LogP contribution in [0.1, 0.15) is 16.1 Å². The van der Waals surface area contributed by atoms with Crippen molar-refractivity contribution in [2.75, 3.05) is 12.8 Å². The van der Waals surface area contributed by atoms with E-state index in [4.69, 9.17) is 5.73 Å². The Morgan fingerprint density at radius 3 is 2.57 bits per heavy atom. The van der Waals surface area contributed by atoms with Crippen molar-refractivity contribution in [2.24, 2.45) is 0 Å². The minimum atomic E-state index is -4.81. The number of hydrogen-bond acceptors (Lipinski definition) is 5. The number of carbonyl (C=O) groups is 1. The fraction of sp³-hybridized carbons (Fsp3) is 0.214. The molecular formula is C14H13F3N4O2. The Bertz CT molecular complexity index is 706. The Morgan fingerprint density at radius 2 is 1.91 bits per heavy atom. The van der Waals surface area contributed by atoms with Crippen molar-refractivity contribution < 1.29 is 22.7 Å². The topological polar surface area (TPSA) is 81.3 Å². The summed E-state index contributed by atoms with van der Waals surface area (Å²) in [6.45, 7) is -0.110. The zero-order chi connectivity index (χ0) is 17.0. The molecule has 0 aliphatic carbocycles. The molecule has 0 spiro atoms. The highest BCUT2D eigenvalue weighted by Gasteiger charge is 2.32. The first-order chi connectivity index (χ1) is 10.8. The number of benzene rings is 1. The van der Waals surface area contributed by atoms with Crippen LogP contribution in [-0.4, -0.2) is 34.2 Å². The van der Waals surface area contributed by atoms with Crippen LogP contribution in [0, 0.1) is 0 Å². The van der Waals surface area contributed by atoms with Gasteiger partial charge in [-0.3, -0.25) is 4.79 Å². The van der Waals surface area contributed by atoms with E-state index in [1.165, 1.54) is 42.5 Å². The van der Waals surface area contributed by atoms with Gasteiger partial charge in [0.15, 0.2) is 11.5 Å². The van der Waals surface area contributed by atoms with E-state index in [1.807, 2.05) is 0 Å². The van der Waals surface area contributed by atoms with Gasteiger partial charge in [-0.2, -0.15) is 0 Å². The molecule has 2 rings (SSSR count). The van der Waals surface area contributed by atoms with E-state index in [0.29, 0.717) is 0 Å². The first-order valence-corrected chi connectivity index (χ1v) is 6.43. The van der Waals surface area contributed by atoms with Crippen LogP contribution >= 0.6 is 0 Å². The molecule has 122 valence electrons. The number of para-hydroxylation sites is 1. The summed E-state index contributed by atoms with van der Waals surface area (Å²) < 4.78 is 41.1. The molecule has 1 heterocycles. The minimum absolute atomic E-state index is 0.0517. The average molecular weight is 326 g/mol. The number of nitrogens with zero attached hydrogens (tertiary/aromatic N) is 3. The molecule has 0 saturated carbocycles. The summed E-state index contributed by atoms with van der Waals surface area (Å²) in [5.74, 6) is -0.978. The summed E-state index contributed by atoms with van der Waals surface area (Å²) in [7, 11) is 1.42. The van der Waals surface area contributed by atoms with Gasteiger partial charge in [0.1, 0.15) is 5.75 Å². The molecule has 1 amide bonds. The molecule has 0 bridgehead atoms. The van der Waals surface area contributed by atoms with E-state index in [9.17, 15) is 18.0 Å². The predicted octanol–water partition coefficient (Wildman–Crippen LogP) is 2.23. The van der Waals surface area contributed by atoms with Crippen LogP contribution in [0.15, 0.2) is 36.7 Å². The number of carbonyl (C=O) groups excluding carboxylic acids is 1. The Kier molecular flexibility index (Phi) is 4.68. The highest BCUT2D eigenvalue weighted by Crippen LogP contribution is 2.27. The highest BCUT2D eigenvalue weighted by molar-refractivity contribution is 5.96. The maximum atomic E-state index is 12.4. The van der Waals surface area contributed by atoms with Crippen molar-refractivity contribution in [2.45, 2.75) is 12.9 Å². The zero-order valence-electron chi connectivity index (χ0n) is 12.0. The molecule has 1 aromatic heterocycles. The van der Waals surface area contributed by atoms with Crippen molar-refractivity contribution in [3.05, 3.63) is 47.9 Å². The summed E-state index contributed by atoms with van der Waals surface area (Å²) in [5, 5.41) is 0. The van der Waals surface area contributed by atoms with Gasteiger partial charge in [0.2, 0.25) is 0 Å². The second kappa shape index (κ2) is 6.51. The molecule has 6 nitrogen and oxygen atoms in total. The Labute approximate surface area is 129 Å². The van der Waals surface area contributed by atoms with Crippen LogP contribution in [-0.2, 0) is 6.54 Å². The van der Waals surface area contributed by atoms with Gasteiger partial charge in [0.05, 0.1) is 0 Å². The Balaban J connectivity index is 2.19. The molecule has 1 aromatic carbocycles. The number of nitrogens with two attached hydrogens (primary N) is 1. The normalized spacial score (nSPS) is 11.1. The predicted molar refractivity (Wildman–Crippen MR) is 75.4 cm³/mol. The monoisotopic (exact) mass is 326 g/mol. The van der Waals surface area contributed by atoms with Gasteiger partial charge in [-0.25, -0.2) is 9.97 Å². The molecule has 0 radical (unpaired) electrons. The zero-order valence-corrected chi connectivity index (χ0v) is 12.0. The largest absolute Gasteiger partial charge is 0.573 e. The van der Waals surface area contributed by atoms with Crippen molar-refractivity contribution in [1.29, 1.82) is 0 Å². The Morgan fingerprint density at radius 1 is 1.26 bits per heavy atom. The molecule has 0 aliphatic heterocycles. The van der Waals surface area contributed by atoms with Gasteiger partial charge in [-0.15, -0.1) is 13.2 Å². The maximum Gasteiger partial charge on any atom is 0.573 e. The van der Waals surface area contributed by atoms with E-state index in [1.54, 1.807) is 6.07 Å². The van der Waals surface area contributed by atoms with Gasteiger partial charge in [0.25, 0.3) is 5.91 Å². The van der Waals surface area contributed by atoms with Crippen molar-refractivity contribution in [3.8, 4) is 5.75 Å². The van der Waals surface area contributed by atoms with Gasteiger partial charge in [-0.05, 0) is 6.07 Å². The maximum absolute atomic E-state index is 12.4. The minimum Gasteiger partial charge on any atom is -0.405 e. The summed E-state index contributed by atoms with van der Waals surface area (Å²) in [6, 6.07) is 5.57. The fourth-order valence-corrected chi connectivity index (χ4v) is 1.88. The molecule has 2 N–H and O–H groups in total. The van der Waals surface area contributed by atoms with Crippen LogP contribution in [0.2, 0.25) is 0 Å². The number of rotatable bonds is 4. The molecule has 9 heteroatoms. The lowest BCUT2D eigenvalue weighted by molar-refractivity contribution is -0.274. The SMILES string of the molecule is CN(Cc1ccccc1OC(F)(F)F)C(=O)c1nccnc1N. The van der Waals surface area contributed by atoms with Crippen LogP contribution < -0.4 is 10.5 Å². The third-order valence-corrected chi connectivity index (χ3v) is 2.88. The molecule has 0 atom stereocenters. The van der Waals surface area contributed by atoms with Gasteiger partial charge in [0, 0.05) is 31.5 Å². The lowest BCUT2D eigenvalue weighted by atomic mass is 10.2. The third-order valence-electron chi connectivity index (χ3n) is 2.88. The van der Waals surface area contributed by atoms with Crippen LogP contribution in [0.3, 0.4) is 0 Å². The molecule has 23 heavy (non-hydrogen) atoms. The molecule has 0 aliphatic rings. The smallest absolute Gasteiger partial charge is 0.405 e. The second-order valence-corrected chi connectivity index (χ2v) is 4.61. The van der Waals surface area contributed by atoms with E-state index in [0.717, 1.165) is 0 Å². The summed E-state index contributed by atoms with van der Waals surface area (Å²) in [4.78, 5) is 21.0. The number of hydrogen-bond donors (Lipinski definition) is 1. The highest BCUT2D eigenvalue weighted by atomic mass is 19.4. The Hall–Kier alpha value is -2.84. The molecule has 0 saturated heterocycles. The first-order valence-electron chi connectivity index (χ1n) is 6.43. The number of alkyl halides is 3. The van der Waals surface area contributed by atoms with E-state index in [-0.39, 0.29) is 29.4 Å². The van der Waals surface area contributed by atoms with E-state index < -0.39 is 12.3 Å². The number of halogens is 3. The number of amides is 1. The summed E-state index contributed by atoms with van der Waals surface area (Å²) in [6.07, 6.45) is -2.18. The molecule has 2 aromatic rings. The van der Waals surface area contributed by atoms with Gasteiger partial charge in [-0.1, -0.05) is 18.2 Å². The molecule has 0 unspecified atom stereocenters. The van der Waals surface area contributed by atoms with Crippen LogP contribution in [0.5, 0.6) is 5.75 Å². The number of anilines is 1. The molecular weight excluding hydrogens is 313 g/mol. The van der Waals surface area contributed by atoms with Crippen molar-refractivity contribution in [3.63, 3.8) is 0 Å². The first kappa shape index (κ1) is 16.5. The second-order valence-electron chi connectivity index (χ2n) is 4.61. The van der Waals surface area contributed by atoms with E-state index in [2.05, 4.69) is 14.7 Å².